The fourth-order valence-electron chi connectivity index (χ4n) is 3.68. The lowest BCUT2D eigenvalue weighted by atomic mass is 10.2. The lowest BCUT2D eigenvalue weighted by molar-refractivity contribution is 0.654. The highest BCUT2D eigenvalue weighted by Gasteiger charge is 2.16. The van der Waals surface area contributed by atoms with Crippen LogP contribution in [-0.2, 0) is 7.05 Å². The van der Waals surface area contributed by atoms with E-state index in [4.69, 9.17) is 9.40 Å². The van der Waals surface area contributed by atoms with Gasteiger partial charge in [-0.15, -0.1) is 0 Å². The summed E-state index contributed by atoms with van der Waals surface area (Å²) in [6.45, 7) is 0. The van der Waals surface area contributed by atoms with Gasteiger partial charge in [0, 0.05) is 30.1 Å². The van der Waals surface area contributed by atoms with E-state index in [-0.39, 0.29) is 0 Å². The molecule has 6 aromatic rings. The summed E-state index contributed by atoms with van der Waals surface area (Å²) in [6, 6.07) is 16.5. The number of fused-ring (bicyclic) bond motifs is 8. The van der Waals surface area contributed by atoms with Gasteiger partial charge in [-0.3, -0.25) is 4.40 Å². The van der Waals surface area contributed by atoms with Crippen molar-refractivity contribution in [1.29, 1.82) is 0 Å². The van der Waals surface area contributed by atoms with E-state index in [0.717, 1.165) is 38.7 Å². The predicted molar refractivity (Wildman–Crippen MR) is 94.2 cm³/mol. The Balaban J connectivity index is 1.89. The Morgan fingerprint density at radius 3 is 2.71 bits per heavy atom. The molecule has 0 saturated heterocycles. The Morgan fingerprint density at radius 2 is 1.79 bits per heavy atom. The molecule has 2 aromatic carbocycles. The molecule has 0 spiro atoms. The Hall–Kier alpha value is -3.34. The molecule has 0 amide bonds. The van der Waals surface area contributed by atoms with E-state index >= 15 is 0 Å². The van der Waals surface area contributed by atoms with Crippen LogP contribution in [0.5, 0.6) is 0 Å². The number of furan rings is 1. The zero-order chi connectivity index (χ0) is 15.8. The van der Waals surface area contributed by atoms with Gasteiger partial charge in [0.1, 0.15) is 5.58 Å². The van der Waals surface area contributed by atoms with Gasteiger partial charge in [0.2, 0.25) is 11.5 Å². The standard InChI is InChI=1S/C19H12N4O/c1-22-14-6-2-3-7-15(14)23-16-9-12-11-5-4-8-20-18(11)24-17(12)10-13(16)21-19(22)23/h2-10H,1H3. The van der Waals surface area contributed by atoms with Gasteiger partial charge >= 0.3 is 0 Å². The smallest absolute Gasteiger partial charge is 0.227 e. The summed E-state index contributed by atoms with van der Waals surface area (Å²) in [5.41, 5.74) is 5.82. The molecule has 0 bridgehead atoms. The summed E-state index contributed by atoms with van der Waals surface area (Å²) in [6.07, 6.45) is 1.75. The molecule has 0 aliphatic heterocycles. The lowest BCUT2D eigenvalue weighted by Gasteiger charge is -1.95. The minimum Gasteiger partial charge on any atom is -0.438 e. The number of aryl methyl sites for hydroxylation is 1. The molecule has 6 rings (SSSR count). The highest BCUT2D eigenvalue weighted by molar-refractivity contribution is 6.09. The van der Waals surface area contributed by atoms with E-state index in [1.807, 2.05) is 25.2 Å². The Bertz CT molecular complexity index is 1420. The van der Waals surface area contributed by atoms with E-state index in [9.17, 15) is 0 Å². The first-order valence-electron chi connectivity index (χ1n) is 7.84. The van der Waals surface area contributed by atoms with Crippen molar-refractivity contribution >= 4 is 49.9 Å². The van der Waals surface area contributed by atoms with Gasteiger partial charge in [0.25, 0.3) is 0 Å². The number of hydrogen-bond acceptors (Lipinski definition) is 3. The summed E-state index contributed by atoms with van der Waals surface area (Å²) >= 11 is 0. The van der Waals surface area contributed by atoms with Gasteiger partial charge in [-0.25, -0.2) is 9.97 Å². The Kier molecular flexibility index (Phi) is 1.99. The normalized spacial score (nSPS) is 12.4. The summed E-state index contributed by atoms with van der Waals surface area (Å²) < 4.78 is 10.2. The maximum Gasteiger partial charge on any atom is 0.227 e. The van der Waals surface area contributed by atoms with Crippen LogP contribution in [0.2, 0.25) is 0 Å². The highest BCUT2D eigenvalue weighted by atomic mass is 16.3. The molecule has 0 aliphatic carbocycles. The third kappa shape index (κ3) is 1.31. The zero-order valence-electron chi connectivity index (χ0n) is 12.9. The summed E-state index contributed by atoms with van der Waals surface area (Å²) in [7, 11) is 2.05. The first-order chi connectivity index (χ1) is 11.8. The molecule has 24 heavy (non-hydrogen) atoms. The van der Waals surface area contributed by atoms with Gasteiger partial charge in [-0.05, 0) is 30.3 Å². The van der Waals surface area contributed by atoms with Crippen LogP contribution in [0.15, 0.2) is 59.1 Å². The van der Waals surface area contributed by atoms with Crippen LogP contribution in [0.25, 0.3) is 49.9 Å². The molecule has 5 nitrogen and oxygen atoms in total. The molecule has 0 atom stereocenters. The van der Waals surface area contributed by atoms with Crippen LogP contribution in [-0.4, -0.2) is 18.9 Å². The van der Waals surface area contributed by atoms with Crippen molar-refractivity contribution < 1.29 is 4.42 Å². The topological polar surface area (TPSA) is 48.3 Å². The highest BCUT2D eigenvalue weighted by Crippen LogP contribution is 2.33. The second-order valence-corrected chi connectivity index (χ2v) is 6.09. The number of rotatable bonds is 0. The van der Waals surface area contributed by atoms with Gasteiger partial charge in [-0.1, -0.05) is 12.1 Å². The average molecular weight is 312 g/mol. The minimum atomic E-state index is 0.666. The van der Waals surface area contributed by atoms with Gasteiger partial charge in [-0.2, -0.15) is 0 Å². The monoisotopic (exact) mass is 312 g/mol. The van der Waals surface area contributed by atoms with Crippen LogP contribution < -0.4 is 0 Å². The second kappa shape index (κ2) is 3.94. The zero-order valence-corrected chi connectivity index (χ0v) is 12.9. The third-order valence-electron chi connectivity index (χ3n) is 4.79. The number of imidazole rings is 2. The predicted octanol–water partition coefficient (Wildman–Crippen LogP) is 4.27. The molecule has 0 aliphatic rings. The van der Waals surface area contributed by atoms with Gasteiger partial charge in [0.05, 0.1) is 22.1 Å². The molecule has 0 unspecified atom stereocenters. The Labute approximate surface area is 135 Å². The molecule has 4 aromatic heterocycles. The summed E-state index contributed by atoms with van der Waals surface area (Å²) in [5, 5.41) is 2.10. The van der Waals surface area contributed by atoms with Crippen molar-refractivity contribution in [2.24, 2.45) is 7.05 Å². The molecule has 4 heterocycles. The molecule has 5 heteroatoms. The largest absolute Gasteiger partial charge is 0.438 e. The second-order valence-electron chi connectivity index (χ2n) is 6.09. The van der Waals surface area contributed by atoms with Crippen LogP contribution in [0.1, 0.15) is 0 Å². The minimum absolute atomic E-state index is 0.666. The first-order valence-corrected chi connectivity index (χ1v) is 7.84. The van der Waals surface area contributed by atoms with Crippen LogP contribution in [0, 0.1) is 0 Å². The SMILES string of the molecule is Cn1c2ccccc2n2c3cc4c(cc3nc12)oc1ncccc14. The number of pyridine rings is 1. The number of nitrogens with zero attached hydrogens (tertiary/aromatic N) is 4. The molecule has 114 valence electrons. The molecule has 0 radical (unpaired) electrons. The first kappa shape index (κ1) is 12.1. The van der Waals surface area contributed by atoms with Crippen molar-refractivity contribution in [3.63, 3.8) is 0 Å². The van der Waals surface area contributed by atoms with Crippen LogP contribution in [0.4, 0.5) is 0 Å². The molecule has 0 N–H and O–H groups in total. The van der Waals surface area contributed by atoms with Crippen molar-refractivity contribution in [2.45, 2.75) is 0 Å². The summed E-state index contributed by atoms with van der Waals surface area (Å²) in [4.78, 5) is 9.13. The van der Waals surface area contributed by atoms with Crippen molar-refractivity contribution in [1.82, 2.24) is 18.9 Å². The third-order valence-corrected chi connectivity index (χ3v) is 4.79. The van der Waals surface area contributed by atoms with Crippen molar-refractivity contribution in [2.75, 3.05) is 0 Å². The number of hydrogen-bond donors (Lipinski definition) is 0. The fraction of sp³-hybridized carbons (Fsp3) is 0.0526. The van der Waals surface area contributed by atoms with Gasteiger partial charge in [0.15, 0.2) is 0 Å². The summed E-state index contributed by atoms with van der Waals surface area (Å²) in [5.74, 6) is 0.932. The van der Waals surface area contributed by atoms with Crippen molar-refractivity contribution in [3.8, 4) is 0 Å². The fourth-order valence-corrected chi connectivity index (χ4v) is 3.68. The van der Waals surface area contributed by atoms with Crippen LogP contribution >= 0.6 is 0 Å². The van der Waals surface area contributed by atoms with Crippen LogP contribution in [0.3, 0.4) is 0 Å². The molecular formula is C19H12N4O. The van der Waals surface area contributed by atoms with E-state index < -0.39 is 0 Å². The van der Waals surface area contributed by atoms with E-state index in [1.165, 1.54) is 5.52 Å². The van der Waals surface area contributed by atoms with E-state index in [2.05, 4.69) is 44.3 Å². The maximum atomic E-state index is 5.88. The Morgan fingerprint density at radius 1 is 0.917 bits per heavy atom. The molecule has 0 saturated carbocycles. The molecular weight excluding hydrogens is 300 g/mol. The number of benzene rings is 2. The number of para-hydroxylation sites is 2. The lowest BCUT2D eigenvalue weighted by Crippen LogP contribution is -1.87. The molecule has 0 fully saturated rings. The average Bonchev–Trinajstić information content (AvgIpc) is 3.24. The maximum absolute atomic E-state index is 5.88. The van der Waals surface area contributed by atoms with E-state index in [1.54, 1.807) is 6.20 Å². The van der Waals surface area contributed by atoms with Crippen molar-refractivity contribution in [3.05, 3.63) is 54.7 Å². The van der Waals surface area contributed by atoms with Gasteiger partial charge < -0.3 is 8.98 Å². The van der Waals surface area contributed by atoms with E-state index in [0.29, 0.717) is 5.71 Å². The quantitative estimate of drug-likeness (QED) is 0.421. The number of aromatic nitrogens is 4.